The maximum atomic E-state index is 12.0. The van der Waals surface area contributed by atoms with Crippen LogP contribution in [-0.4, -0.2) is 46.0 Å². The minimum absolute atomic E-state index is 0.0715. The zero-order valence-corrected chi connectivity index (χ0v) is 14.9. The second kappa shape index (κ2) is 7.14. The van der Waals surface area contributed by atoms with E-state index in [9.17, 15) is 14.4 Å². The molecule has 0 aliphatic carbocycles. The lowest BCUT2D eigenvalue weighted by atomic mass is 10.2. The van der Waals surface area contributed by atoms with Crippen molar-refractivity contribution in [3.8, 4) is 17.4 Å². The number of ether oxygens (including phenoxy) is 1. The third kappa shape index (κ3) is 3.31. The molecule has 0 radical (unpaired) electrons. The average molecular weight is 384 g/mol. The Hall–Kier alpha value is -3.69. The van der Waals surface area contributed by atoms with Gasteiger partial charge in [0.1, 0.15) is 6.54 Å². The smallest absolute Gasteiger partial charge is 0.322 e. The highest BCUT2D eigenvalue weighted by molar-refractivity contribution is 6.05. The number of benzene rings is 1. The van der Waals surface area contributed by atoms with Gasteiger partial charge < -0.3 is 13.6 Å². The van der Waals surface area contributed by atoms with Gasteiger partial charge in [0, 0.05) is 18.2 Å². The van der Waals surface area contributed by atoms with E-state index in [2.05, 4.69) is 15.5 Å². The van der Waals surface area contributed by atoms with Crippen molar-refractivity contribution < 1.29 is 28.0 Å². The van der Waals surface area contributed by atoms with Gasteiger partial charge in [-0.1, -0.05) is 17.2 Å². The zero-order chi connectivity index (χ0) is 19.7. The first-order valence-electron chi connectivity index (χ1n) is 8.67. The van der Waals surface area contributed by atoms with Gasteiger partial charge in [0.25, 0.3) is 5.89 Å². The van der Waals surface area contributed by atoms with Crippen LogP contribution in [0.2, 0.25) is 0 Å². The Morgan fingerprint density at radius 3 is 2.75 bits per heavy atom. The minimum atomic E-state index is -0.609. The highest BCUT2D eigenvalue weighted by atomic mass is 16.5. The van der Waals surface area contributed by atoms with Gasteiger partial charge in [-0.05, 0) is 19.1 Å². The van der Waals surface area contributed by atoms with Crippen LogP contribution in [0.3, 0.4) is 0 Å². The van der Waals surface area contributed by atoms with Crippen molar-refractivity contribution in [1.82, 2.24) is 15.1 Å². The number of rotatable bonds is 6. The number of furan rings is 1. The summed E-state index contributed by atoms with van der Waals surface area (Å²) in [5.74, 6) is -0.374. The lowest BCUT2D eigenvalue weighted by Crippen LogP contribution is -2.36. The Bertz CT molecular complexity index is 1050. The Kier molecular flexibility index (Phi) is 4.52. The largest absolute Gasteiger partial charge is 0.490 e. The molecule has 10 heteroatoms. The summed E-state index contributed by atoms with van der Waals surface area (Å²) in [6.07, 6.45) is 0.235. The van der Waals surface area contributed by atoms with E-state index in [4.69, 9.17) is 13.6 Å². The van der Waals surface area contributed by atoms with Crippen molar-refractivity contribution in [2.24, 2.45) is 0 Å². The number of nitrogens with zero attached hydrogens (tertiary/aromatic N) is 3. The van der Waals surface area contributed by atoms with Gasteiger partial charge in [-0.2, -0.15) is 0 Å². The molecule has 1 N–H and O–H groups in total. The van der Waals surface area contributed by atoms with Crippen LogP contribution in [0.15, 0.2) is 33.1 Å². The molecule has 0 unspecified atom stereocenters. The maximum absolute atomic E-state index is 12.0. The normalized spacial score (nSPS) is 14.1. The van der Waals surface area contributed by atoms with Crippen LogP contribution in [-0.2, 0) is 14.4 Å². The molecule has 1 fully saturated rings. The predicted molar refractivity (Wildman–Crippen MR) is 95.3 cm³/mol. The van der Waals surface area contributed by atoms with Crippen molar-refractivity contribution in [3.63, 3.8) is 0 Å². The van der Waals surface area contributed by atoms with Gasteiger partial charge in [0.15, 0.2) is 17.1 Å². The first-order valence-corrected chi connectivity index (χ1v) is 8.67. The van der Waals surface area contributed by atoms with Crippen LogP contribution in [0, 0.1) is 0 Å². The molecular weight excluding hydrogens is 368 g/mol. The zero-order valence-electron chi connectivity index (χ0n) is 14.9. The van der Waals surface area contributed by atoms with Crippen LogP contribution in [0.4, 0.5) is 6.01 Å². The molecule has 3 aromatic rings. The van der Waals surface area contributed by atoms with Gasteiger partial charge in [0.05, 0.1) is 6.61 Å². The van der Waals surface area contributed by atoms with E-state index >= 15 is 0 Å². The number of hydrogen-bond donors (Lipinski definition) is 1. The summed E-state index contributed by atoms with van der Waals surface area (Å²) in [6, 6.07) is 7.04. The maximum Gasteiger partial charge on any atom is 0.322 e. The number of anilines is 1. The standard InChI is InChI=1S/C18H16N4O6/c1-2-26-11-5-3-4-10-8-12(27-16(10)11)17-20-21-18(28-17)19-13(23)9-22-14(24)6-7-15(22)25/h3-5,8H,2,6-7,9H2,1H3,(H,19,21,23). The summed E-state index contributed by atoms with van der Waals surface area (Å²) in [6.45, 7) is 1.98. The van der Waals surface area contributed by atoms with Crippen LogP contribution < -0.4 is 10.1 Å². The van der Waals surface area contributed by atoms with E-state index in [1.54, 1.807) is 12.1 Å². The van der Waals surface area contributed by atoms with Gasteiger partial charge in [-0.3, -0.25) is 24.6 Å². The van der Waals surface area contributed by atoms with Gasteiger partial charge in [0.2, 0.25) is 17.7 Å². The van der Waals surface area contributed by atoms with Crippen molar-refractivity contribution >= 4 is 34.7 Å². The number of aromatic nitrogens is 2. The lowest BCUT2D eigenvalue weighted by Gasteiger charge is -2.11. The van der Waals surface area contributed by atoms with Crippen molar-refractivity contribution in [1.29, 1.82) is 0 Å². The number of nitrogens with one attached hydrogen (secondary N) is 1. The minimum Gasteiger partial charge on any atom is -0.490 e. The first kappa shape index (κ1) is 17.7. The van der Waals surface area contributed by atoms with Gasteiger partial charge in [-0.15, -0.1) is 5.10 Å². The molecule has 0 bridgehead atoms. The van der Waals surface area contributed by atoms with Crippen LogP contribution in [0.25, 0.3) is 22.6 Å². The van der Waals surface area contributed by atoms with E-state index in [1.165, 1.54) is 0 Å². The molecule has 0 saturated carbocycles. The Morgan fingerprint density at radius 2 is 2.00 bits per heavy atom. The third-order valence-corrected chi connectivity index (χ3v) is 4.15. The summed E-state index contributed by atoms with van der Waals surface area (Å²) < 4.78 is 16.7. The number of carbonyl (C=O) groups is 3. The van der Waals surface area contributed by atoms with Crippen LogP contribution in [0.5, 0.6) is 5.75 Å². The van der Waals surface area contributed by atoms with E-state index < -0.39 is 12.5 Å². The van der Waals surface area contributed by atoms with Gasteiger partial charge in [-0.25, -0.2) is 0 Å². The van der Waals surface area contributed by atoms with Crippen LogP contribution in [0.1, 0.15) is 19.8 Å². The molecule has 1 aromatic carbocycles. The molecule has 1 saturated heterocycles. The molecule has 4 rings (SSSR count). The second-order valence-electron chi connectivity index (χ2n) is 6.05. The number of imide groups is 1. The Labute approximate surface area is 158 Å². The molecule has 28 heavy (non-hydrogen) atoms. The molecule has 1 aliphatic rings. The third-order valence-electron chi connectivity index (χ3n) is 4.15. The van der Waals surface area contributed by atoms with E-state index in [1.807, 2.05) is 19.1 Å². The number of para-hydroxylation sites is 1. The van der Waals surface area contributed by atoms with E-state index in [0.717, 1.165) is 10.3 Å². The fourth-order valence-electron chi connectivity index (χ4n) is 2.89. The van der Waals surface area contributed by atoms with Crippen molar-refractivity contribution in [2.75, 3.05) is 18.5 Å². The molecule has 3 amide bonds. The lowest BCUT2D eigenvalue weighted by molar-refractivity contribution is -0.141. The van der Waals surface area contributed by atoms with E-state index in [0.29, 0.717) is 23.7 Å². The first-order chi connectivity index (χ1) is 13.5. The monoisotopic (exact) mass is 384 g/mol. The summed E-state index contributed by atoms with van der Waals surface area (Å²) in [5, 5.41) is 10.8. The molecule has 10 nitrogen and oxygen atoms in total. The summed E-state index contributed by atoms with van der Waals surface area (Å²) >= 11 is 0. The molecular formula is C18H16N4O6. The molecule has 0 atom stereocenters. The number of hydrogen-bond acceptors (Lipinski definition) is 8. The highest BCUT2D eigenvalue weighted by Crippen LogP contribution is 2.33. The number of amides is 3. The molecule has 3 heterocycles. The van der Waals surface area contributed by atoms with E-state index in [-0.39, 0.29) is 36.6 Å². The van der Waals surface area contributed by atoms with Gasteiger partial charge >= 0.3 is 6.01 Å². The predicted octanol–water partition coefficient (Wildman–Crippen LogP) is 1.97. The fraction of sp³-hybridized carbons (Fsp3) is 0.278. The van der Waals surface area contributed by atoms with Crippen LogP contribution >= 0.6 is 0 Å². The number of carbonyl (C=O) groups excluding carboxylic acids is 3. The summed E-state index contributed by atoms with van der Waals surface area (Å²) in [4.78, 5) is 36.1. The quantitative estimate of drug-likeness (QED) is 0.639. The van der Waals surface area contributed by atoms with Crippen molar-refractivity contribution in [3.05, 3.63) is 24.3 Å². The topological polar surface area (TPSA) is 128 Å². The Balaban J connectivity index is 1.49. The second-order valence-corrected chi connectivity index (χ2v) is 6.05. The average Bonchev–Trinajstić information content (AvgIpc) is 3.37. The highest BCUT2D eigenvalue weighted by Gasteiger charge is 2.30. The molecule has 1 aliphatic heterocycles. The summed E-state index contributed by atoms with van der Waals surface area (Å²) in [7, 11) is 0. The fourth-order valence-corrected chi connectivity index (χ4v) is 2.89. The molecule has 144 valence electrons. The molecule has 0 spiro atoms. The summed E-state index contributed by atoms with van der Waals surface area (Å²) in [5.41, 5.74) is 0.550. The molecule has 2 aromatic heterocycles. The van der Waals surface area contributed by atoms with Crippen molar-refractivity contribution in [2.45, 2.75) is 19.8 Å². The Morgan fingerprint density at radius 1 is 1.21 bits per heavy atom. The number of likely N-dealkylation sites (tertiary alicyclic amines) is 1. The SMILES string of the molecule is CCOc1cccc2cc(-c3nnc(NC(=O)CN4C(=O)CCC4=O)o3)oc12. The number of fused-ring (bicyclic) bond motifs is 1.